The Bertz CT molecular complexity index is 1240. The van der Waals surface area contributed by atoms with Crippen molar-refractivity contribution in [2.75, 3.05) is 6.61 Å². The van der Waals surface area contributed by atoms with E-state index in [1.807, 2.05) is 6.92 Å². The zero-order valence-electron chi connectivity index (χ0n) is 16.0. The summed E-state index contributed by atoms with van der Waals surface area (Å²) in [5.74, 6) is -1.01. The van der Waals surface area contributed by atoms with Crippen molar-refractivity contribution in [2.24, 2.45) is 4.99 Å². The van der Waals surface area contributed by atoms with Gasteiger partial charge in [0.25, 0.3) is 5.91 Å². The number of benzene rings is 1. The lowest BCUT2D eigenvalue weighted by Crippen LogP contribution is -2.23. The molecule has 0 aliphatic rings. The Labute approximate surface area is 183 Å². The van der Waals surface area contributed by atoms with Gasteiger partial charge in [0.05, 0.1) is 21.7 Å². The minimum atomic E-state index is -0.557. The number of hydrogen-bond acceptors (Lipinski definition) is 7. The van der Waals surface area contributed by atoms with E-state index >= 15 is 0 Å². The van der Waals surface area contributed by atoms with Crippen molar-refractivity contribution < 1.29 is 19.2 Å². The van der Waals surface area contributed by atoms with E-state index in [0.29, 0.717) is 20.2 Å². The molecule has 30 heavy (non-hydrogen) atoms. The lowest BCUT2D eigenvalue weighted by atomic mass is 10.2. The van der Waals surface area contributed by atoms with E-state index in [1.165, 1.54) is 29.6 Å². The molecule has 0 saturated heterocycles. The summed E-state index contributed by atoms with van der Waals surface area (Å²) in [6.45, 7) is 3.67. The van der Waals surface area contributed by atoms with Gasteiger partial charge in [0.1, 0.15) is 6.54 Å². The topological polar surface area (TPSA) is 104 Å². The monoisotopic (exact) mass is 465 g/mol. The van der Waals surface area contributed by atoms with Gasteiger partial charge in [0.15, 0.2) is 4.80 Å². The maximum Gasteiger partial charge on any atom is 0.326 e. The molecule has 156 valence electrons. The summed E-state index contributed by atoms with van der Waals surface area (Å²) in [4.78, 5) is 39.7. The van der Waals surface area contributed by atoms with Crippen molar-refractivity contribution in [3.05, 3.63) is 60.7 Å². The van der Waals surface area contributed by atoms with Crippen molar-refractivity contribution in [2.45, 2.75) is 20.4 Å². The molecular weight excluding hydrogens is 450 g/mol. The molecule has 0 aliphatic carbocycles. The Morgan fingerprint density at radius 1 is 1.30 bits per heavy atom. The number of esters is 1. The average molecular weight is 466 g/mol. The number of thiazole rings is 1. The highest BCUT2D eigenvalue weighted by Crippen LogP contribution is 2.27. The Hall–Kier alpha value is -2.82. The average Bonchev–Trinajstić information content (AvgIpc) is 3.29. The molecule has 2 aromatic heterocycles. The number of rotatable bonds is 6. The summed E-state index contributed by atoms with van der Waals surface area (Å²) in [5, 5.41) is 11.3. The molecule has 11 heteroatoms. The van der Waals surface area contributed by atoms with Crippen LogP contribution in [-0.4, -0.2) is 28.0 Å². The van der Waals surface area contributed by atoms with Crippen LogP contribution in [0.3, 0.4) is 0 Å². The second-order valence-electron chi connectivity index (χ2n) is 6.01. The summed E-state index contributed by atoms with van der Waals surface area (Å²) in [5.41, 5.74) is 1.48. The molecule has 8 nitrogen and oxygen atoms in total. The number of fused-ring (bicyclic) bond motifs is 1. The maximum atomic E-state index is 12.4. The van der Waals surface area contributed by atoms with E-state index in [-0.39, 0.29) is 18.2 Å². The van der Waals surface area contributed by atoms with E-state index < -0.39 is 16.8 Å². The molecule has 0 atom stereocenters. The standard InChI is InChI=1S/C19H16ClN3O5S2/c1-3-28-17(25)10-22-18-11(2)13(20)6-7-14(18)30-19(22)21-15(24)8-4-12-5-9-16(29-12)23(26)27/h4-9H,3,10H2,1-2H3/b8-4+,21-19?. The minimum absolute atomic E-state index is 0.0109. The Morgan fingerprint density at radius 2 is 2.07 bits per heavy atom. The van der Waals surface area contributed by atoms with Crippen LogP contribution in [0.15, 0.2) is 35.3 Å². The molecule has 3 aromatic rings. The quantitative estimate of drug-likeness (QED) is 0.233. The Balaban J connectivity index is 2.00. The molecule has 2 heterocycles. The molecule has 0 saturated carbocycles. The van der Waals surface area contributed by atoms with Gasteiger partial charge in [-0.1, -0.05) is 34.3 Å². The molecule has 1 aromatic carbocycles. The first-order valence-corrected chi connectivity index (χ1v) is 10.8. The Morgan fingerprint density at radius 3 is 2.73 bits per heavy atom. The van der Waals surface area contributed by atoms with Crippen LogP contribution in [-0.2, 0) is 20.9 Å². The highest BCUT2D eigenvalue weighted by molar-refractivity contribution is 7.16. The molecule has 0 bridgehead atoms. The van der Waals surface area contributed by atoms with Gasteiger partial charge in [-0.2, -0.15) is 4.99 Å². The SMILES string of the molecule is CCOC(=O)Cn1c(=NC(=O)/C=C/c2ccc([N+](=O)[O-])s2)sc2ccc(Cl)c(C)c21. The zero-order valence-corrected chi connectivity index (χ0v) is 18.3. The van der Waals surface area contributed by atoms with E-state index in [9.17, 15) is 19.7 Å². The van der Waals surface area contributed by atoms with Gasteiger partial charge in [-0.15, -0.1) is 0 Å². The highest BCUT2D eigenvalue weighted by Gasteiger charge is 2.15. The summed E-state index contributed by atoms with van der Waals surface area (Å²) in [7, 11) is 0. The number of nitro groups is 1. The molecule has 0 N–H and O–H groups in total. The first-order chi connectivity index (χ1) is 14.3. The number of ether oxygens (including phenoxy) is 1. The molecular formula is C19H16ClN3O5S2. The van der Waals surface area contributed by atoms with Gasteiger partial charge in [-0.3, -0.25) is 19.7 Å². The minimum Gasteiger partial charge on any atom is -0.465 e. The fraction of sp³-hybridized carbons (Fsp3) is 0.211. The van der Waals surface area contributed by atoms with E-state index in [4.69, 9.17) is 16.3 Å². The number of aryl methyl sites for hydroxylation is 1. The third-order valence-corrected chi connectivity index (χ3v) is 6.47. The van der Waals surface area contributed by atoms with Crippen LogP contribution in [0, 0.1) is 17.0 Å². The van der Waals surface area contributed by atoms with Gasteiger partial charge in [0.2, 0.25) is 0 Å². The maximum absolute atomic E-state index is 12.4. The summed E-state index contributed by atoms with van der Waals surface area (Å²) < 4.78 is 7.48. The van der Waals surface area contributed by atoms with Crippen molar-refractivity contribution in [1.82, 2.24) is 4.57 Å². The molecule has 0 spiro atoms. The fourth-order valence-electron chi connectivity index (χ4n) is 2.70. The number of aromatic nitrogens is 1. The number of thiophene rings is 1. The van der Waals surface area contributed by atoms with Gasteiger partial charge in [-0.05, 0) is 43.7 Å². The smallest absolute Gasteiger partial charge is 0.326 e. The van der Waals surface area contributed by atoms with Gasteiger partial charge in [-0.25, -0.2) is 0 Å². The third-order valence-electron chi connectivity index (χ3n) is 4.01. The van der Waals surface area contributed by atoms with Crippen LogP contribution >= 0.6 is 34.3 Å². The molecule has 0 unspecified atom stereocenters. The molecule has 0 fully saturated rings. The molecule has 0 aliphatic heterocycles. The number of halogens is 1. The number of amides is 1. The van der Waals surface area contributed by atoms with Crippen LogP contribution in [0.5, 0.6) is 0 Å². The van der Waals surface area contributed by atoms with Gasteiger partial charge in [0, 0.05) is 22.0 Å². The van der Waals surface area contributed by atoms with Crippen LogP contribution in [0.2, 0.25) is 5.02 Å². The molecule has 0 radical (unpaired) electrons. The largest absolute Gasteiger partial charge is 0.465 e. The predicted molar refractivity (Wildman–Crippen MR) is 117 cm³/mol. The van der Waals surface area contributed by atoms with Crippen LogP contribution in [0.1, 0.15) is 17.4 Å². The van der Waals surface area contributed by atoms with Crippen molar-refractivity contribution in [3.63, 3.8) is 0 Å². The molecule has 3 rings (SSSR count). The zero-order chi connectivity index (χ0) is 21.8. The highest BCUT2D eigenvalue weighted by atomic mass is 35.5. The number of carbonyl (C=O) groups excluding carboxylic acids is 2. The normalized spacial score (nSPS) is 12.0. The van der Waals surface area contributed by atoms with Gasteiger partial charge < -0.3 is 9.30 Å². The number of hydrogen-bond donors (Lipinski definition) is 0. The summed E-state index contributed by atoms with van der Waals surface area (Å²) in [6.07, 6.45) is 2.70. The first-order valence-electron chi connectivity index (χ1n) is 8.75. The van der Waals surface area contributed by atoms with Crippen molar-refractivity contribution >= 4 is 67.4 Å². The van der Waals surface area contributed by atoms with Crippen LogP contribution in [0.25, 0.3) is 16.3 Å². The van der Waals surface area contributed by atoms with Gasteiger partial charge >= 0.3 is 11.0 Å². The summed E-state index contributed by atoms with van der Waals surface area (Å²) >= 11 is 8.44. The van der Waals surface area contributed by atoms with Crippen LogP contribution < -0.4 is 4.80 Å². The Kier molecular flexibility index (Phi) is 6.80. The lowest BCUT2D eigenvalue weighted by molar-refractivity contribution is -0.380. The third kappa shape index (κ3) is 4.84. The van der Waals surface area contributed by atoms with E-state index in [1.54, 1.807) is 29.7 Å². The van der Waals surface area contributed by atoms with E-state index in [2.05, 4.69) is 4.99 Å². The first kappa shape index (κ1) is 21.9. The summed E-state index contributed by atoms with van der Waals surface area (Å²) in [6, 6.07) is 6.48. The van der Waals surface area contributed by atoms with Crippen LogP contribution in [0.4, 0.5) is 5.00 Å². The van der Waals surface area contributed by atoms with Crippen molar-refractivity contribution in [1.29, 1.82) is 0 Å². The van der Waals surface area contributed by atoms with Crippen molar-refractivity contribution in [3.8, 4) is 0 Å². The second-order valence-corrected chi connectivity index (χ2v) is 8.52. The number of carbonyl (C=O) groups is 2. The second kappa shape index (κ2) is 9.33. The predicted octanol–water partition coefficient (Wildman–Crippen LogP) is 4.34. The molecule has 1 amide bonds. The number of nitrogens with zero attached hydrogens (tertiary/aromatic N) is 3. The fourth-order valence-corrected chi connectivity index (χ4v) is 4.67. The van der Waals surface area contributed by atoms with E-state index in [0.717, 1.165) is 21.6 Å². The lowest BCUT2D eigenvalue weighted by Gasteiger charge is -2.07.